The lowest BCUT2D eigenvalue weighted by molar-refractivity contribution is -0.149. The van der Waals surface area contributed by atoms with E-state index in [2.05, 4.69) is 15.1 Å². The van der Waals surface area contributed by atoms with E-state index in [9.17, 15) is 24.6 Å². The summed E-state index contributed by atoms with van der Waals surface area (Å²) in [7, 11) is 0. The zero-order valence-corrected chi connectivity index (χ0v) is 22.5. The second kappa shape index (κ2) is 11.9. The summed E-state index contributed by atoms with van der Waals surface area (Å²) in [5.74, 6) is -0.271. The lowest BCUT2D eigenvalue weighted by Gasteiger charge is -2.28. The largest absolute Gasteiger partial charge is 0.462 e. The zero-order valence-electron chi connectivity index (χ0n) is 20.8. The third-order valence-corrected chi connectivity index (χ3v) is 8.03. The van der Waals surface area contributed by atoms with Gasteiger partial charge in [0.2, 0.25) is 0 Å². The molecule has 2 aromatic heterocycles. The first-order valence-electron chi connectivity index (χ1n) is 11.5. The van der Waals surface area contributed by atoms with Crippen molar-refractivity contribution in [1.29, 1.82) is 0 Å². The lowest BCUT2D eigenvalue weighted by atomic mass is 9.93. The first-order valence-corrected chi connectivity index (χ1v) is 14.1. The van der Waals surface area contributed by atoms with Crippen LogP contribution in [0.25, 0.3) is 0 Å². The van der Waals surface area contributed by atoms with Crippen molar-refractivity contribution in [1.82, 2.24) is 19.6 Å². The summed E-state index contributed by atoms with van der Waals surface area (Å²) < 4.78 is 24.0. The number of hydrogen-bond donors (Lipinski definition) is 4. The summed E-state index contributed by atoms with van der Waals surface area (Å²) in [5, 5.41) is 24.6. The minimum atomic E-state index is -3.44. The number of nitrogens with zero attached hydrogens (tertiary/aromatic N) is 2. The maximum atomic E-state index is 12.4. The quantitative estimate of drug-likeness (QED) is 0.216. The third kappa shape index (κ3) is 7.54. The number of aromatic nitrogens is 3. The highest BCUT2D eigenvalue weighted by Gasteiger charge is 2.52. The molecule has 15 heteroatoms. The van der Waals surface area contributed by atoms with Gasteiger partial charge in [-0.25, -0.2) is 9.88 Å². The molecule has 0 saturated carbocycles. The summed E-state index contributed by atoms with van der Waals surface area (Å²) in [6, 6.07) is 3.52. The van der Waals surface area contributed by atoms with Crippen LogP contribution in [-0.2, 0) is 37.1 Å². The fourth-order valence-corrected chi connectivity index (χ4v) is 5.94. The van der Waals surface area contributed by atoms with E-state index in [0.717, 1.165) is 10.6 Å². The number of carbonyl (C=O) groups excluding carboxylic acids is 1. The Morgan fingerprint density at radius 1 is 1.38 bits per heavy atom. The molecule has 1 saturated heterocycles. The second-order valence-corrected chi connectivity index (χ2v) is 12.1. The summed E-state index contributed by atoms with van der Waals surface area (Å²) in [4.78, 5) is 41.9. The van der Waals surface area contributed by atoms with Crippen molar-refractivity contribution in [3.63, 3.8) is 0 Å². The molecule has 3 heterocycles. The number of carbonyl (C=O) groups is 1. The van der Waals surface area contributed by atoms with Gasteiger partial charge in [-0.15, -0.1) is 0 Å². The highest BCUT2D eigenvalue weighted by atomic mass is 32.5. The van der Waals surface area contributed by atoms with Gasteiger partial charge in [-0.3, -0.25) is 24.1 Å². The number of ether oxygens (including phenoxy) is 2. The van der Waals surface area contributed by atoms with E-state index in [-0.39, 0.29) is 25.0 Å². The molecule has 3 rings (SSSR count). The Hall–Kier alpha value is -2.45. The minimum absolute atomic E-state index is 0.146. The number of nitrogens with one attached hydrogen (secondary N) is 2. The molecular weight excluding hydrogens is 527 g/mol. The summed E-state index contributed by atoms with van der Waals surface area (Å²) in [6.07, 6.45) is 0.397. The molecule has 13 nitrogen and oxygen atoms in total. The molecule has 1 aliphatic heterocycles. The number of aliphatic hydroxyl groups excluding tert-OH is 1. The molecule has 2 unspecified atom stereocenters. The molecule has 0 aromatic carbocycles. The summed E-state index contributed by atoms with van der Waals surface area (Å²) >= 11 is 5.63. The molecule has 0 radical (unpaired) electrons. The fourth-order valence-electron chi connectivity index (χ4n) is 3.54. The van der Waals surface area contributed by atoms with E-state index in [1.54, 1.807) is 39.1 Å². The van der Waals surface area contributed by atoms with E-state index in [1.807, 2.05) is 0 Å². The topological polar surface area (TPSA) is 174 Å². The van der Waals surface area contributed by atoms with Crippen LogP contribution in [0.1, 0.15) is 27.7 Å². The van der Waals surface area contributed by atoms with E-state index in [1.165, 1.54) is 19.3 Å². The molecule has 0 spiro atoms. The van der Waals surface area contributed by atoms with Gasteiger partial charge in [-0.05, 0) is 51.6 Å². The standard InChI is InChI=1S/C22H31N4O9PS/c1-13(2)33-20(29)14(3)25-36(37,35-15-6-5-8-23-10-15)32-12-16-19(28)22(4,31)17(34-16)11-26-9-7-18(27)24-21(26)30/h5-10,13-14,16-17,19,28,31H,11-12H2,1-4H3,(H,25,37)(H,24,27,30)/t14?,16-,17+,19-,22+,36?/m1/s1. The molecule has 0 aliphatic carbocycles. The predicted molar refractivity (Wildman–Crippen MR) is 136 cm³/mol. The van der Waals surface area contributed by atoms with Crippen molar-refractivity contribution >= 4 is 24.4 Å². The maximum absolute atomic E-state index is 12.4. The Kier molecular flexibility index (Phi) is 9.40. The fraction of sp³-hybridized carbons (Fsp3) is 0.545. The van der Waals surface area contributed by atoms with Crippen molar-refractivity contribution in [2.24, 2.45) is 0 Å². The highest BCUT2D eigenvalue weighted by molar-refractivity contribution is 8.09. The Bertz CT molecular complexity index is 1240. The molecule has 1 fully saturated rings. The van der Waals surface area contributed by atoms with Crippen molar-refractivity contribution in [3.05, 3.63) is 57.6 Å². The van der Waals surface area contributed by atoms with Gasteiger partial charge in [0.15, 0.2) is 0 Å². The highest BCUT2D eigenvalue weighted by Crippen LogP contribution is 2.46. The first-order chi connectivity index (χ1) is 17.3. The van der Waals surface area contributed by atoms with Crippen LogP contribution in [0.15, 0.2) is 46.4 Å². The van der Waals surface area contributed by atoms with E-state index in [0.29, 0.717) is 0 Å². The number of hydrogen-bond acceptors (Lipinski definition) is 11. The van der Waals surface area contributed by atoms with Crippen LogP contribution in [0.3, 0.4) is 0 Å². The van der Waals surface area contributed by atoms with Crippen LogP contribution in [0, 0.1) is 0 Å². The van der Waals surface area contributed by atoms with Gasteiger partial charge in [0.1, 0.15) is 35.7 Å². The number of rotatable bonds is 11. The summed E-state index contributed by atoms with van der Waals surface area (Å²) in [5.41, 5.74) is -3.02. The van der Waals surface area contributed by atoms with Crippen molar-refractivity contribution in [3.8, 4) is 5.75 Å². The average Bonchev–Trinajstić information content (AvgIpc) is 3.02. The summed E-state index contributed by atoms with van der Waals surface area (Å²) in [6.45, 7) is 2.44. The first kappa shape index (κ1) is 29.1. The lowest BCUT2D eigenvalue weighted by Crippen LogP contribution is -2.48. The normalized spacial score (nSPS) is 26.0. The number of pyridine rings is 1. The van der Waals surface area contributed by atoms with Crippen molar-refractivity contribution in [2.75, 3.05) is 6.61 Å². The molecule has 4 N–H and O–H groups in total. The van der Waals surface area contributed by atoms with E-state index in [4.69, 9.17) is 30.3 Å². The SMILES string of the molecule is CC(C)OC(=O)C(C)NP(=S)(OC[C@H]1O[C@@H](Cn2ccc(=O)[nH]c2=O)[C@](C)(O)[C@@H]1O)Oc1cccnc1. The number of aliphatic hydroxyl groups is 2. The maximum Gasteiger partial charge on any atom is 0.328 e. The van der Waals surface area contributed by atoms with Crippen molar-refractivity contribution in [2.45, 2.75) is 70.3 Å². The molecule has 0 amide bonds. The smallest absolute Gasteiger partial charge is 0.328 e. The molecule has 0 bridgehead atoms. The average molecular weight is 559 g/mol. The van der Waals surface area contributed by atoms with Gasteiger partial charge in [-0.1, -0.05) is 0 Å². The third-order valence-electron chi connectivity index (χ3n) is 5.53. The molecule has 1 aliphatic rings. The number of aromatic amines is 1. The van der Waals surface area contributed by atoms with Gasteiger partial charge < -0.3 is 28.7 Å². The van der Waals surface area contributed by atoms with Crippen LogP contribution >= 0.6 is 6.64 Å². The van der Waals surface area contributed by atoms with Crippen LogP contribution in [0.5, 0.6) is 5.75 Å². The van der Waals surface area contributed by atoms with Gasteiger partial charge >= 0.3 is 18.3 Å². The van der Waals surface area contributed by atoms with Crippen LogP contribution < -0.4 is 20.9 Å². The predicted octanol–water partition coefficient (Wildman–Crippen LogP) is 0.0607. The van der Waals surface area contributed by atoms with E-state index < -0.39 is 53.8 Å². The molecule has 37 heavy (non-hydrogen) atoms. The Morgan fingerprint density at radius 2 is 2.11 bits per heavy atom. The van der Waals surface area contributed by atoms with Gasteiger partial charge in [0.25, 0.3) is 5.56 Å². The number of H-pyrrole nitrogens is 1. The number of esters is 1. The Balaban J connectivity index is 1.75. The van der Waals surface area contributed by atoms with Gasteiger partial charge in [0, 0.05) is 18.5 Å². The molecule has 2 aromatic rings. The minimum Gasteiger partial charge on any atom is -0.462 e. The zero-order chi connectivity index (χ0) is 27.4. The molecule has 6 atom stereocenters. The van der Waals surface area contributed by atoms with Crippen molar-refractivity contribution < 1.29 is 33.5 Å². The van der Waals surface area contributed by atoms with E-state index >= 15 is 0 Å². The van der Waals surface area contributed by atoms with Crippen LogP contribution in [0.4, 0.5) is 0 Å². The monoisotopic (exact) mass is 558 g/mol. The second-order valence-electron chi connectivity index (χ2n) is 9.01. The molecular formula is C22H31N4O9PS. The Labute approximate surface area is 218 Å². The molecule has 204 valence electrons. The van der Waals surface area contributed by atoms with Crippen LogP contribution in [-0.4, -0.2) is 73.4 Å². The Morgan fingerprint density at radius 3 is 2.73 bits per heavy atom. The van der Waals surface area contributed by atoms with Crippen LogP contribution in [0.2, 0.25) is 0 Å². The van der Waals surface area contributed by atoms with Gasteiger partial charge in [0.05, 0.1) is 25.5 Å². The van der Waals surface area contributed by atoms with Gasteiger partial charge in [-0.2, -0.15) is 0 Å².